The molecule has 0 saturated heterocycles. The Balaban J connectivity index is 2.16. The van der Waals surface area contributed by atoms with Crippen molar-refractivity contribution >= 4 is 17.1 Å². The predicted octanol–water partition coefficient (Wildman–Crippen LogP) is 2.80. The standard InChI is InChI=1S/C15H19N3/c1-11-4-3-5-12(8-11)10-18(2)13-6-7-14(16)15(17)9-13/h3-9H,10,16-17H2,1-2H3. The van der Waals surface area contributed by atoms with Gasteiger partial charge in [-0.15, -0.1) is 0 Å². The molecule has 0 aromatic heterocycles. The first-order chi connectivity index (χ1) is 8.56. The summed E-state index contributed by atoms with van der Waals surface area (Å²) >= 11 is 0. The molecule has 94 valence electrons. The highest BCUT2D eigenvalue weighted by atomic mass is 15.1. The second-order valence-corrected chi connectivity index (χ2v) is 4.66. The van der Waals surface area contributed by atoms with E-state index in [0.29, 0.717) is 11.4 Å². The molecule has 3 nitrogen and oxygen atoms in total. The molecule has 0 aliphatic heterocycles. The lowest BCUT2D eigenvalue weighted by Crippen LogP contribution is -2.16. The number of rotatable bonds is 3. The monoisotopic (exact) mass is 241 g/mol. The van der Waals surface area contributed by atoms with Crippen LogP contribution >= 0.6 is 0 Å². The maximum absolute atomic E-state index is 5.82. The van der Waals surface area contributed by atoms with Crippen LogP contribution in [0.3, 0.4) is 0 Å². The molecule has 0 aliphatic carbocycles. The second-order valence-electron chi connectivity index (χ2n) is 4.66. The van der Waals surface area contributed by atoms with Crippen LogP contribution in [0.5, 0.6) is 0 Å². The first kappa shape index (κ1) is 12.3. The van der Waals surface area contributed by atoms with Crippen LogP contribution in [0.1, 0.15) is 11.1 Å². The van der Waals surface area contributed by atoms with Gasteiger partial charge < -0.3 is 16.4 Å². The average Bonchev–Trinajstić information content (AvgIpc) is 2.32. The summed E-state index contributed by atoms with van der Waals surface area (Å²) in [7, 11) is 2.05. The molecule has 4 N–H and O–H groups in total. The van der Waals surface area contributed by atoms with Gasteiger partial charge in [0.1, 0.15) is 0 Å². The van der Waals surface area contributed by atoms with Crippen LogP contribution in [0, 0.1) is 6.92 Å². The summed E-state index contributed by atoms with van der Waals surface area (Å²) in [4.78, 5) is 2.16. The fourth-order valence-corrected chi connectivity index (χ4v) is 1.98. The van der Waals surface area contributed by atoms with E-state index in [-0.39, 0.29) is 0 Å². The molecule has 0 atom stereocenters. The topological polar surface area (TPSA) is 55.3 Å². The third kappa shape index (κ3) is 2.74. The van der Waals surface area contributed by atoms with E-state index in [1.807, 2.05) is 25.2 Å². The van der Waals surface area contributed by atoms with E-state index in [1.54, 1.807) is 0 Å². The van der Waals surface area contributed by atoms with Gasteiger partial charge in [0, 0.05) is 19.3 Å². The van der Waals surface area contributed by atoms with Crippen LogP contribution in [-0.4, -0.2) is 7.05 Å². The first-order valence-electron chi connectivity index (χ1n) is 5.98. The molecule has 0 fully saturated rings. The van der Waals surface area contributed by atoms with E-state index in [1.165, 1.54) is 11.1 Å². The number of benzene rings is 2. The van der Waals surface area contributed by atoms with Crippen molar-refractivity contribution in [2.75, 3.05) is 23.4 Å². The summed E-state index contributed by atoms with van der Waals surface area (Å²) < 4.78 is 0. The van der Waals surface area contributed by atoms with Crippen molar-refractivity contribution in [1.82, 2.24) is 0 Å². The van der Waals surface area contributed by atoms with E-state index < -0.39 is 0 Å². The molecule has 2 aromatic carbocycles. The summed E-state index contributed by atoms with van der Waals surface area (Å²) in [6, 6.07) is 14.2. The number of hydrogen-bond donors (Lipinski definition) is 2. The molecule has 0 amide bonds. The highest BCUT2D eigenvalue weighted by Gasteiger charge is 2.04. The average molecular weight is 241 g/mol. The molecule has 0 spiro atoms. The van der Waals surface area contributed by atoms with Crippen LogP contribution in [-0.2, 0) is 6.54 Å². The van der Waals surface area contributed by atoms with Gasteiger partial charge in [0.05, 0.1) is 11.4 Å². The summed E-state index contributed by atoms with van der Waals surface area (Å²) in [5, 5.41) is 0. The van der Waals surface area contributed by atoms with Crippen molar-refractivity contribution in [3.8, 4) is 0 Å². The largest absolute Gasteiger partial charge is 0.397 e. The molecular weight excluding hydrogens is 222 g/mol. The van der Waals surface area contributed by atoms with Crippen molar-refractivity contribution in [3.05, 3.63) is 53.6 Å². The molecular formula is C15H19N3. The highest BCUT2D eigenvalue weighted by molar-refractivity contribution is 5.69. The van der Waals surface area contributed by atoms with Crippen molar-refractivity contribution in [1.29, 1.82) is 0 Å². The van der Waals surface area contributed by atoms with E-state index in [4.69, 9.17) is 11.5 Å². The molecule has 0 heterocycles. The Morgan fingerprint density at radius 1 is 1.00 bits per heavy atom. The van der Waals surface area contributed by atoms with Gasteiger partial charge in [0.15, 0.2) is 0 Å². The fraction of sp³-hybridized carbons (Fsp3) is 0.200. The Bertz CT molecular complexity index is 549. The minimum absolute atomic E-state index is 0.628. The number of aryl methyl sites for hydroxylation is 1. The van der Waals surface area contributed by atoms with E-state index in [2.05, 4.69) is 36.1 Å². The van der Waals surface area contributed by atoms with Gasteiger partial charge in [-0.2, -0.15) is 0 Å². The maximum Gasteiger partial charge on any atom is 0.0568 e. The van der Waals surface area contributed by atoms with Crippen LogP contribution in [0.25, 0.3) is 0 Å². The Kier molecular flexibility index (Phi) is 3.42. The molecule has 0 unspecified atom stereocenters. The highest BCUT2D eigenvalue weighted by Crippen LogP contribution is 2.23. The normalized spacial score (nSPS) is 10.3. The van der Waals surface area contributed by atoms with Crippen LogP contribution < -0.4 is 16.4 Å². The van der Waals surface area contributed by atoms with E-state index in [0.717, 1.165) is 12.2 Å². The number of nitrogen functional groups attached to an aromatic ring is 2. The van der Waals surface area contributed by atoms with Gasteiger partial charge in [-0.3, -0.25) is 0 Å². The predicted molar refractivity (Wildman–Crippen MR) is 78.6 cm³/mol. The zero-order valence-corrected chi connectivity index (χ0v) is 10.9. The molecule has 2 aromatic rings. The molecule has 2 rings (SSSR count). The first-order valence-corrected chi connectivity index (χ1v) is 5.98. The summed E-state index contributed by atoms with van der Waals surface area (Å²) in [6.07, 6.45) is 0. The van der Waals surface area contributed by atoms with Gasteiger partial charge in [-0.25, -0.2) is 0 Å². The Morgan fingerprint density at radius 3 is 2.44 bits per heavy atom. The number of nitrogens with two attached hydrogens (primary N) is 2. The molecule has 3 heteroatoms. The Morgan fingerprint density at radius 2 is 1.78 bits per heavy atom. The lowest BCUT2D eigenvalue weighted by molar-refractivity contribution is 0.922. The maximum atomic E-state index is 5.82. The number of nitrogens with zero attached hydrogens (tertiary/aromatic N) is 1. The zero-order valence-electron chi connectivity index (χ0n) is 10.9. The smallest absolute Gasteiger partial charge is 0.0568 e. The minimum Gasteiger partial charge on any atom is -0.397 e. The molecule has 0 saturated carbocycles. The zero-order chi connectivity index (χ0) is 13.1. The summed E-state index contributed by atoms with van der Waals surface area (Å²) in [5.74, 6) is 0. The van der Waals surface area contributed by atoms with Gasteiger partial charge in [-0.05, 0) is 30.7 Å². The number of anilines is 3. The quantitative estimate of drug-likeness (QED) is 0.812. The van der Waals surface area contributed by atoms with Crippen molar-refractivity contribution in [2.24, 2.45) is 0 Å². The van der Waals surface area contributed by atoms with E-state index >= 15 is 0 Å². The summed E-state index contributed by atoms with van der Waals surface area (Å²) in [6.45, 7) is 2.95. The van der Waals surface area contributed by atoms with Gasteiger partial charge in [-0.1, -0.05) is 29.8 Å². The lowest BCUT2D eigenvalue weighted by Gasteiger charge is -2.20. The SMILES string of the molecule is Cc1cccc(CN(C)c2ccc(N)c(N)c2)c1. The van der Waals surface area contributed by atoms with Crippen LogP contribution in [0.4, 0.5) is 17.1 Å². The molecule has 18 heavy (non-hydrogen) atoms. The second kappa shape index (κ2) is 5.00. The molecule has 0 radical (unpaired) electrons. The van der Waals surface area contributed by atoms with Gasteiger partial charge >= 0.3 is 0 Å². The van der Waals surface area contributed by atoms with Crippen molar-refractivity contribution in [3.63, 3.8) is 0 Å². The van der Waals surface area contributed by atoms with Crippen LogP contribution in [0.2, 0.25) is 0 Å². The molecule has 0 aliphatic rings. The van der Waals surface area contributed by atoms with Crippen molar-refractivity contribution < 1.29 is 0 Å². The Hall–Kier alpha value is -2.16. The van der Waals surface area contributed by atoms with Gasteiger partial charge in [0.2, 0.25) is 0 Å². The van der Waals surface area contributed by atoms with Crippen molar-refractivity contribution in [2.45, 2.75) is 13.5 Å². The molecule has 0 bridgehead atoms. The lowest BCUT2D eigenvalue weighted by atomic mass is 10.1. The van der Waals surface area contributed by atoms with Crippen LogP contribution in [0.15, 0.2) is 42.5 Å². The fourth-order valence-electron chi connectivity index (χ4n) is 1.98. The van der Waals surface area contributed by atoms with E-state index in [9.17, 15) is 0 Å². The summed E-state index contributed by atoms with van der Waals surface area (Å²) in [5.41, 5.74) is 16.4. The third-order valence-electron chi connectivity index (χ3n) is 3.01. The minimum atomic E-state index is 0.628. The van der Waals surface area contributed by atoms with Gasteiger partial charge in [0.25, 0.3) is 0 Å². The Labute approximate surface area is 108 Å². The number of hydrogen-bond acceptors (Lipinski definition) is 3. The third-order valence-corrected chi connectivity index (χ3v) is 3.01.